The molecule has 0 aromatic heterocycles. The summed E-state index contributed by atoms with van der Waals surface area (Å²) in [4.78, 5) is 4.09. The summed E-state index contributed by atoms with van der Waals surface area (Å²) in [6.07, 6.45) is -4.71. The van der Waals surface area contributed by atoms with Crippen molar-refractivity contribution in [1.29, 1.82) is 0 Å². The van der Waals surface area contributed by atoms with Gasteiger partial charge in [-0.2, -0.15) is 0 Å². The number of nitrogens with two attached hydrogens (primary N) is 1. The van der Waals surface area contributed by atoms with E-state index < -0.39 is 12.0 Å². The first-order valence-electron chi connectivity index (χ1n) is 6.09. The van der Waals surface area contributed by atoms with Crippen molar-refractivity contribution in [1.82, 2.24) is 0 Å². The van der Waals surface area contributed by atoms with E-state index in [1.54, 1.807) is 7.11 Å². The molecule has 0 fully saturated rings. The van der Waals surface area contributed by atoms with Crippen LogP contribution in [0.4, 0.5) is 18.9 Å². The number of hydrogen-bond donors (Lipinski definition) is 2. The molecule has 0 spiro atoms. The van der Waals surface area contributed by atoms with E-state index in [9.17, 15) is 13.2 Å². The van der Waals surface area contributed by atoms with Crippen molar-refractivity contribution in [2.24, 2.45) is 10.7 Å². The number of rotatable bonds is 5. The average Bonchev–Trinajstić information content (AvgIpc) is 2.37. The number of benzene rings is 1. The van der Waals surface area contributed by atoms with Crippen molar-refractivity contribution >= 4 is 11.6 Å². The van der Waals surface area contributed by atoms with E-state index in [2.05, 4.69) is 15.0 Å². The Bertz CT molecular complexity index is 484. The van der Waals surface area contributed by atoms with Crippen LogP contribution in [0.15, 0.2) is 29.3 Å². The third-order valence-corrected chi connectivity index (χ3v) is 2.54. The summed E-state index contributed by atoms with van der Waals surface area (Å²) in [7, 11) is 1.57. The van der Waals surface area contributed by atoms with Crippen LogP contribution in [0.25, 0.3) is 0 Å². The zero-order valence-corrected chi connectivity index (χ0v) is 12.0. The van der Waals surface area contributed by atoms with Gasteiger partial charge in [-0.05, 0) is 38.1 Å². The molecule has 0 atom stereocenters. The van der Waals surface area contributed by atoms with Crippen molar-refractivity contribution in [3.8, 4) is 5.75 Å². The first-order valence-corrected chi connectivity index (χ1v) is 6.09. The highest BCUT2D eigenvalue weighted by Crippen LogP contribution is 2.23. The molecule has 0 radical (unpaired) electrons. The second-order valence-corrected chi connectivity index (χ2v) is 4.86. The van der Waals surface area contributed by atoms with Gasteiger partial charge < -0.3 is 20.5 Å². The minimum Gasteiger partial charge on any atom is -0.406 e. The van der Waals surface area contributed by atoms with Crippen LogP contribution in [0.1, 0.15) is 13.8 Å². The van der Waals surface area contributed by atoms with E-state index in [4.69, 9.17) is 10.5 Å². The fourth-order valence-corrected chi connectivity index (χ4v) is 1.27. The molecular formula is C13H18F3N3O2. The molecule has 0 aliphatic rings. The standard InChI is InChI=1S/C13H18F3N3O2/c1-12(2,20-3)8-18-11(17)19-9-4-6-10(7-5-9)21-13(14,15)16/h4-7H,8H2,1-3H3,(H3,17,18,19). The van der Waals surface area contributed by atoms with Crippen molar-refractivity contribution < 1.29 is 22.6 Å². The first-order chi connectivity index (χ1) is 9.61. The molecule has 0 aliphatic carbocycles. The third-order valence-electron chi connectivity index (χ3n) is 2.54. The SMILES string of the molecule is COC(C)(C)CN=C(N)Nc1ccc(OC(F)(F)F)cc1. The molecular weight excluding hydrogens is 287 g/mol. The Kier molecular flexibility index (Phi) is 5.42. The number of nitrogens with one attached hydrogen (secondary N) is 1. The van der Waals surface area contributed by atoms with E-state index in [0.717, 1.165) is 0 Å². The Morgan fingerprint density at radius 2 is 1.81 bits per heavy atom. The minimum absolute atomic E-state index is 0.143. The van der Waals surface area contributed by atoms with Gasteiger partial charge in [0.2, 0.25) is 0 Å². The van der Waals surface area contributed by atoms with Crippen LogP contribution < -0.4 is 15.8 Å². The molecule has 0 bridgehead atoms. The molecule has 5 nitrogen and oxygen atoms in total. The lowest BCUT2D eigenvalue weighted by Crippen LogP contribution is -2.30. The summed E-state index contributed by atoms with van der Waals surface area (Å²) in [5.74, 6) is -0.159. The number of aliphatic imine (C=N–C) groups is 1. The van der Waals surface area contributed by atoms with E-state index in [1.165, 1.54) is 24.3 Å². The van der Waals surface area contributed by atoms with E-state index in [-0.39, 0.29) is 11.7 Å². The number of anilines is 1. The summed E-state index contributed by atoms with van der Waals surface area (Å²) in [5.41, 5.74) is 5.73. The molecule has 118 valence electrons. The smallest absolute Gasteiger partial charge is 0.406 e. The monoisotopic (exact) mass is 305 g/mol. The van der Waals surface area contributed by atoms with Crippen molar-refractivity contribution in [3.05, 3.63) is 24.3 Å². The molecule has 0 saturated carbocycles. The van der Waals surface area contributed by atoms with Crippen LogP contribution in [0.2, 0.25) is 0 Å². The van der Waals surface area contributed by atoms with Gasteiger partial charge in [0, 0.05) is 12.8 Å². The van der Waals surface area contributed by atoms with Crippen molar-refractivity contribution in [2.75, 3.05) is 19.0 Å². The maximum absolute atomic E-state index is 12.0. The lowest BCUT2D eigenvalue weighted by molar-refractivity contribution is -0.274. The largest absolute Gasteiger partial charge is 0.573 e. The van der Waals surface area contributed by atoms with E-state index >= 15 is 0 Å². The van der Waals surface area contributed by atoms with Gasteiger partial charge in [0.1, 0.15) is 5.75 Å². The second-order valence-electron chi connectivity index (χ2n) is 4.86. The number of guanidine groups is 1. The predicted octanol–water partition coefficient (Wildman–Crippen LogP) is 2.74. The van der Waals surface area contributed by atoms with Crippen LogP contribution >= 0.6 is 0 Å². The van der Waals surface area contributed by atoms with Crippen LogP contribution in [-0.4, -0.2) is 31.6 Å². The van der Waals surface area contributed by atoms with Gasteiger partial charge in [0.05, 0.1) is 12.1 Å². The van der Waals surface area contributed by atoms with Gasteiger partial charge in [0.15, 0.2) is 5.96 Å². The first kappa shape index (κ1) is 17.1. The van der Waals surface area contributed by atoms with Crippen LogP contribution in [0.3, 0.4) is 0 Å². The Morgan fingerprint density at radius 3 is 2.29 bits per heavy atom. The molecule has 0 saturated heterocycles. The highest BCUT2D eigenvalue weighted by Gasteiger charge is 2.30. The number of halogens is 3. The molecule has 0 unspecified atom stereocenters. The molecule has 3 N–H and O–H groups in total. The number of ether oxygens (including phenoxy) is 2. The lowest BCUT2D eigenvalue weighted by atomic mass is 10.1. The van der Waals surface area contributed by atoms with Gasteiger partial charge in [-0.15, -0.1) is 13.2 Å². The summed E-state index contributed by atoms with van der Waals surface area (Å²) >= 11 is 0. The topological polar surface area (TPSA) is 68.9 Å². The van der Waals surface area contributed by atoms with Gasteiger partial charge in [0.25, 0.3) is 0 Å². The molecule has 0 aliphatic heterocycles. The molecule has 8 heteroatoms. The lowest BCUT2D eigenvalue weighted by Gasteiger charge is -2.20. The molecule has 0 heterocycles. The van der Waals surface area contributed by atoms with Crippen molar-refractivity contribution in [3.63, 3.8) is 0 Å². The van der Waals surface area contributed by atoms with Crippen molar-refractivity contribution in [2.45, 2.75) is 25.8 Å². The molecule has 1 rings (SSSR count). The van der Waals surface area contributed by atoms with E-state index in [0.29, 0.717) is 12.2 Å². The average molecular weight is 305 g/mol. The summed E-state index contributed by atoms with van der Waals surface area (Å²) in [5, 5.41) is 2.76. The number of alkyl halides is 3. The zero-order chi connectivity index (χ0) is 16.1. The van der Waals surface area contributed by atoms with Gasteiger partial charge in [-0.1, -0.05) is 0 Å². The van der Waals surface area contributed by atoms with Crippen LogP contribution in [-0.2, 0) is 4.74 Å². The Labute approximate surface area is 120 Å². The highest BCUT2D eigenvalue weighted by atomic mass is 19.4. The third kappa shape index (κ3) is 6.84. The fourth-order valence-electron chi connectivity index (χ4n) is 1.27. The number of hydrogen-bond acceptors (Lipinski definition) is 3. The summed E-state index contributed by atoms with van der Waals surface area (Å²) in [6.45, 7) is 4.05. The normalized spacial score (nSPS) is 13.1. The van der Waals surface area contributed by atoms with Gasteiger partial charge in [-0.3, -0.25) is 4.99 Å². The zero-order valence-electron chi connectivity index (χ0n) is 12.0. The summed E-state index contributed by atoms with van der Waals surface area (Å²) in [6, 6.07) is 5.18. The van der Waals surface area contributed by atoms with Crippen LogP contribution in [0, 0.1) is 0 Å². The molecule has 1 aromatic rings. The maximum Gasteiger partial charge on any atom is 0.573 e. The second kappa shape index (κ2) is 6.66. The number of methoxy groups -OCH3 is 1. The quantitative estimate of drug-likeness (QED) is 0.648. The predicted molar refractivity (Wildman–Crippen MR) is 74.3 cm³/mol. The fraction of sp³-hybridized carbons (Fsp3) is 0.462. The molecule has 1 aromatic carbocycles. The van der Waals surface area contributed by atoms with Crippen LogP contribution in [0.5, 0.6) is 5.75 Å². The van der Waals surface area contributed by atoms with E-state index in [1.807, 2.05) is 13.8 Å². The Balaban J connectivity index is 2.61. The Morgan fingerprint density at radius 1 is 1.24 bits per heavy atom. The van der Waals surface area contributed by atoms with Gasteiger partial charge >= 0.3 is 6.36 Å². The summed E-state index contributed by atoms with van der Waals surface area (Å²) < 4.78 is 45.0. The minimum atomic E-state index is -4.71. The molecule has 21 heavy (non-hydrogen) atoms. The maximum atomic E-state index is 12.0. The Hall–Kier alpha value is -1.96. The molecule has 0 amide bonds. The highest BCUT2D eigenvalue weighted by molar-refractivity contribution is 5.92. The van der Waals surface area contributed by atoms with Gasteiger partial charge in [-0.25, -0.2) is 0 Å². The number of nitrogens with zero attached hydrogens (tertiary/aromatic N) is 1.